The number of benzene rings is 1. The molecule has 0 unspecified atom stereocenters. The van der Waals surface area contributed by atoms with Crippen LogP contribution in [0.25, 0.3) is 10.9 Å². The van der Waals surface area contributed by atoms with Gasteiger partial charge in [0.1, 0.15) is 0 Å². The molecule has 21 heavy (non-hydrogen) atoms. The van der Waals surface area contributed by atoms with E-state index < -0.39 is 0 Å². The number of fused-ring (bicyclic) bond motifs is 1. The third-order valence-corrected chi connectivity index (χ3v) is 4.16. The number of nitrogens with one attached hydrogen (secondary N) is 1. The highest BCUT2D eigenvalue weighted by atomic mass is 32.1. The van der Waals surface area contributed by atoms with Crippen molar-refractivity contribution in [2.45, 2.75) is 39.4 Å². The number of thiazole rings is 1. The largest absolute Gasteiger partial charge is 0.341 e. The quantitative estimate of drug-likeness (QED) is 0.788. The first kappa shape index (κ1) is 14.3. The van der Waals surface area contributed by atoms with Gasteiger partial charge in [-0.25, -0.2) is 4.98 Å². The Kier molecular flexibility index (Phi) is 3.83. The second kappa shape index (κ2) is 5.62. The molecule has 0 spiro atoms. The van der Waals surface area contributed by atoms with Crippen LogP contribution < -0.4 is 5.32 Å². The minimum atomic E-state index is 0.130. The summed E-state index contributed by atoms with van der Waals surface area (Å²) in [7, 11) is 0. The van der Waals surface area contributed by atoms with Gasteiger partial charge in [0.25, 0.3) is 0 Å². The normalized spacial score (nSPS) is 12.1. The topological polar surface area (TPSA) is 29.9 Å². The molecule has 4 heteroatoms. The van der Waals surface area contributed by atoms with Gasteiger partial charge >= 0.3 is 0 Å². The van der Waals surface area contributed by atoms with E-state index >= 15 is 0 Å². The number of rotatable bonds is 4. The second-order valence-electron chi connectivity index (χ2n) is 6.38. The fourth-order valence-electron chi connectivity index (χ4n) is 2.43. The molecule has 0 bridgehead atoms. The second-order valence-corrected chi connectivity index (χ2v) is 7.10. The highest BCUT2D eigenvalue weighted by molar-refractivity contribution is 7.07. The van der Waals surface area contributed by atoms with Crippen molar-refractivity contribution in [3.63, 3.8) is 0 Å². The number of hydrogen-bond acceptors (Lipinski definition) is 3. The van der Waals surface area contributed by atoms with Gasteiger partial charge in [0.15, 0.2) is 0 Å². The third-order valence-electron chi connectivity index (χ3n) is 3.53. The molecule has 0 radical (unpaired) electrons. The summed E-state index contributed by atoms with van der Waals surface area (Å²) in [6.07, 6.45) is 2.16. The predicted molar refractivity (Wildman–Crippen MR) is 89.7 cm³/mol. The van der Waals surface area contributed by atoms with Crippen molar-refractivity contribution in [1.82, 2.24) is 14.9 Å². The average molecular weight is 299 g/mol. The molecule has 1 N–H and O–H groups in total. The van der Waals surface area contributed by atoms with E-state index in [9.17, 15) is 0 Å². The Hall–Kier alpha value is -1.65. The van der Waals surface area contributed by atoms with Gasteiger partial charge in [0.2, 0.25) is 0 Å². The van der Waals surface area contributed by atoms with Gasteiger partial charge in [-0.3, -0.25) is 0 Å². The molecule has 1 aromatic carbocycles. The van der Waals surface area contributed by atoms with Crippen LogP contribution in [0.4, 0.5) is 0 Å². The number of aromatic nitrogens is 2. The molecule has 0 aliphatic rings. The summed E-state index contributed by atoms with van der Waals surface area (Å²) in [4.78, 5) is 4.37. The zero-order chi connectivity index (χ0) is 14.9. The van der Waals surface area contributed by atoms with Crippen LogP contribution in [0, 0.1) is 0 Å². The van der Waals surface area contributed by atoms with Crippen LogP contribution in [0.2, 0.25) is 0 Å². The molecule has 3 nitrogen and oxygen atoms in total. The van der Waals surface area contributed by atoms with Crippen molar-refractivity contribution in [3.05, 3.63) is 52.6 Å². The first-order valence-electron chi connectivity index (χ1n) is 7.22. The average Bonchev–Trinajstić information content (AvgIpc) is 3.06. The van der Waals surface area contributed by atoms with E-state index in [1.54, 1.807) is 11.3 Å². The van der Waals surface area contributed by atoms with Crippen molar-refractivity contribution in [2.75, 3.05) is 0 Å². The molecule has 3 rings (SSSR count). The predicted octanol–water partition coefficient (Wildman–Crippen LogP) is 4.03. The summed E-state index contributed by atoms with van der Waals surface area (Å²) in [5.74, 6) is 0. The zero-order valence-electron chi connectivity index (χ0n) is 12.8. The number of nitrogens with zero attached hydrogens (tertiary/aromatic N) is 2. The van der Waals surface area contributed by atoms with Gasteiger partial charge in [-0.05, 0) is 38.5 Å². The Morgan fingerprint density at radius 1 is 1.24 bits per heavy atom. The SMILES string of the molecule is CC(C)(C)NCc1cccc2c1ccn2Cc1cscn1. The standard InChI is InChI=1S/C17H21N3S/c1-17(2,3)19-9-13-5-4-6-16-15(13)7-8-20(16)10-14-11-21-12-18-14/h4-8,11-12,19H,9-10H2,1-3H3. The van der Waals surface area contributed by atoms with E-state index in [1.807, 2.05) is 5.51 Å². The maximum absolute atomic E-state index is 4.37. The van der Waals surface area contributed by atoms with Crippen LogP contribution in [0.15, 0.2) is 41.4 Å². The van der Waals surface area contributed by atoms with Gasteiger partial charge in [0.05, 0.1) is 17.7 Å². The van der Waals surface area contributed by atoms with E-state index in [0.717, 1.165) is 18.8 Å². The van der Waals surface area contributed by atoms with Crippen LogP contribution in [-0.2, 0) is 13.1 Å². The summed E-state index contributed by atoms with van der Waals surface area (Å²) in [6, 6.07) is 8.73. The molecule has 0 aliphatic heterocycles. The molecular weight excluding hydrogens is 278 g/mol. The smallest absolute Gasteiger partial charge is 0.0795 e. The molecule has 0 aliphatic carbocycles. The van der Waals surface area contributed by atoms with E-state index in [1.165, 1.54) is 16.5 Å². The Balaban J connectivity index is 1.89. The maximum Gasteiger partial charge on any atom is 0.0795 e. The Morgan fingerprint density at radius 3 is 2.81 bits per heavy atom. The molecule has 2 aromatic heterocycles. The molecule has 0 amide bonds. The lowest BCUT2D eigenvalue weighted by molar-refractivity contribution is 0.425. The molecule has 2 heterocycles. The first-order chi connectivity index (χ1) is 10.0. The van der Waals surface area contributed by atoms with Crippen LogP contribution in [0.3, 0.4) is 0 Å². The van der Waals surface area contributed by atoms with E-state index in [4.69, 9.17) is 0 Å². The van der Waals surface area contributed by atoms with Crippen LogP contribution in [0.5, 0.6) is 0 Å². The van der Waals surface area contributed by atoms with Crippen molar-refractivity contribution in [2.24, 2.45) is 0 Å². The fraction of sp³-hybridized carbons (Fsp3) is 0.353. The fourth-order valence-corrected chi connectivity index (χ4v) is 2.98. The molecular formula is C17H21N3S. The molecule has 3 aromatic rings. The lowest BCUT2D eigenvalue weighted by Crippen LogP contribution is -2.35. The van der Waals surface area contributed by atoms with Crippen LogP contribution in [0.1, 0.15) is 32.0 Å². The van der Waals surface area contributed by atoms with Crippen molar-refractivity contribution >= 4 is 22.2 Å². The van der Waals surface area contributed by atoms with E-state index in [2.05, 4.69) is 71.5 Å². The van der Waals surface area contributed by atoms with E-state index in [0.29, 0.717) is 0 Å². The lowest BCUT2D eigenvalue weighted by atomic mass is 10.1. The van der Waals surface area contributed by atoms with Gasteiger partial charge in [-0.1, -0.05) is 12.1 Å². The minimum Gasteiger partial charge on any atom is -0.341 e. The molecule has 0 saturated heterocycles. The van der Waals surface area contributed by atoms with E-state index in [-0.39, 0.29) is 5.54 Å². The number of hydrogen-bond donors (Lipinski definition) is 1. The summed E-state index contributed by atoms with van der Waals surface area (Å²) >= 11 is 1.65. The molecule has 0 fully saturated rings. The summed E-state index contributed by atoms with van der Waals surface area (Å²) in [6.45, 7) is 8.31. The summed E-state index contributed by atoms with van der Waals surface area (Å²) in [5.41, 5.74) is 5.76. The van der Waals surface area contributed by atoms with Gasteiger partial charge in [-0.15, -0.1) is 11.3 Å². The van der Waals surface area contributed by atoms with Crippen LogP contribution in [-0.4, -0.2) is 15.1 Å². The minimum absolute atomic E-state index is 0.130. The molecule has 0 atom stereocenters. The van der Waals surface area contributed by atoms with Gasteiger partial charge in [-0.2, -0.15) is 0 Å². The first-order valence-corrected chi connectivity index (χ1v) is 8.16. The molecule has 0 saturated carbocycles. The lowest BCUT2D eigenvalue weighted by Gasteiger charge is -2.20. The van der Waals surface area contributed by atoms with Gasteiger partial charge in [0, 0.05) is 34.6 Å². The summed E-state index contributed by atoms with van der Waals surface area (Å²) < 4.78 is 2.27. The molecule has 110 valence electrons. The van der Waals surface area contributed by atoms with Crippen molar-refractivity contribution in [3.8, 4) is 0 Å². The summed E-state index contributed by atoms with van der Waals surface area (Å²) in [5, 5.41) is 7.00. The van der Waals surface area contributed by atoms with Gasteiger partial charge < -0.3 is 9.88 Å². The zero-order valence-corrected chi connectivity index (χ0v) is 13.6. The monoisotopic (exact) mass is 299 g/mol. The Labute approximate surface area is 129 Å². The maximum atomic E-state index is 4.37. The highest BCUT2D eigenvalue weighted by Gasteiger charge is 2.11. The highest BCUT2D eigenvalue weighted by Crippen LogP contribution is 2.22. The third kappa shape index (κ3) is 3.34. The van der Waals surface area contributed by atoms with Crippen LogP contribution >= 0.6 is 11.3 Å². The Bertz CT molecular complexity index is 720. The van der Waals surface area contributed by atoms with Crippen molar-refractivity contribution < 1.29 is 0 Å². The van der Waals surface area contributed by atoms with Crippen molar-refractivity contribution in [1.29, 1.82) is 0 Å². The Morgan fingerprint density at radius 2 is 2.10 bits per heavy atom.